The van der Waals surface area contributed by atoms with E-state index in [0.717, 1.165) is 29.9 Å². The fourth-order valence-electron chi connectivity index (χ4n) is 3.66. The third kappa shape index (κ3) is 5.59. The highest BCUT2D eigenvalue weighted by Crippen LogP contribution is 2.24. The van der Waals surface area contributed by atoms with Crippen molar-refractivity contribution in [1.82, 2.24) is 4.90 Å². The predicted molar refractivity (Wildman–Crippen MR) is 113 cm³/mol. The SMILES string of the molecule is COc1ccc(C(=O)C2CCN(C(=O)CCCOc3ccccc3C)CC2)cc1. The van der Waals surface area contributed by atoms with Gasteiger partial charge in [0.15, 0.2) is 5.78 Å². The molecule has 1 aliphatic rings. The summed E-state index contributed by atoms with van der Waals surface area (Å²) in [6, 6.07) is 15.1. The lowest BCUT2D eigenvalue weighted by Gasteiger charge is -2.31. The number of piperidine rings is 1. The highest BCUT2D eigenvalue weighted by molar-refractivity contribution is 5.98. The van der Waals surface area contributed by atoms with Crippen molar-refractivity contribution in [3.05, 3.63) is 59.7 Å². The van der Waals surface area contributed by atoms with Gasteiger partial charge >= 0.3 is 0 Å². The summed E-state index contributed by atoms with van der Waals surface area (Å²) >= 11 is 0. The number of ether oxygens (including phenoxy) is 2. The summed E-state index contributed by atoms with van der Waals surface area (Å²) in [5.41, 5.74) is 1.81. The molecular formula is C24H29NO4. The topological polar surface area (TPSA) is 55.8 Å². The summed E-state index contributed by atoms with van der Waals surface area (Å²) in [5.74, 6) is 1.91. The number of hydrogen-bond acceptors (Lipinski definition) is 4. The molecular weight excluding hydrogens is 366 g/mol. The predicted octanol–water partition coefficient (Wildman–Crippen LogP) is 4.28. The summed E-state index contributed by atoms with van der Waals surface area (Å²) in [6.07, 6.45) is 2.60. The number of methoxy groups -OCH3 is 1. The van der Waals surface area contributed by atoms with Crippen LogP contribution in [0.5, 0.6) is 11.5 Å². The molecule has 0 aliphatic carbocycles. The van der Waals surface area contributed by atoms with E-state index in [-0.39, 0.29) is 17.6 Å². The molecule has 5 nitrogen and oxygen atoms in total. The van der Waals surface area contributed by atoms with Crippen molar-refractivity contribution in [3.8, 4) is 11.5 Å². The zero-order valence-electron chi connectivity index (χ0n) is 17.2. The second kappa shape index (κ2) is 10.1. The normalized spacial score (nSPS) is 14.5. The Morgan fingerprint density at radius 1 is 1.03 bits per heavy atom. The molecule has 2 aromatic rings. The lowest BCUT2D eigenvalue weighted by atomic mass is 9.88. The lowest BCUT2D eigenvalue weighted by Crippen LogP contribution is -2.40. The number of carbonyl (C=O) groups excluding carboxylic acids is 2. The largest absolute Gasteiger partial charge is 0.497 e. The van der Waals surface area contributed by atoms with Gasteiger partial charge in [-0.05, 0) is 62.1 Å². The highest BCUT2D eigenvalue weighted by Gasteiger charge is 2.27. The van der Waals surface area contributed by atoms with Crippen LogP contribution >= 0.6 is 0 Å². The fourth-order valence-corrected chi connectivity index (χ4v) is 3.66. The Hall–Kier alpha value is -2.82. The Labute approximate surface area is 172 Å². The lowest BCUT2D eigenvalue weighted by molar-refractivity contribution is -0.132. The monoisotopic (exact) mass is 395 g/mol. The quantitative estimate of drug-likeness (QED) is 0.494. The average Bonchev–Trinajstić information content (AvgIpc) is 2.77. The number of nitrogens with zero attached hydrogens (tertiary/aromatic N) is 1. The maximum atomic E-state index is 12.7. The van der Waals surface area contributed by atoms with Crippen LogP contribution in [0.25, 0.3) is 0 Å². The van der Waals surface area contributed by atoms with E-state index in [4.69, 9.17) is 9.47 Å². The Balaban J connectivity index is 1.39. The van der Waals surface area contributed by atoms with Gasteiger partial charge in [-0.1, -0.05) is 18.2 Å². The van der Waals surface area contributed by atoms with Gasteiger partial charge in [0.05, 0.1) is 13.7 Å². The summed E-state index contributed by atoms with van der Waals surface area (Å²) < 4.78 is 10.9. The van der Waals surface area contributed by atoms with Crippen molar-refractivity contribution in [2.75, 3.05) is 26.8 Å². The molecule has 0 bridgehead atoms. The van der Waals surface area contributed by atoms with Crippen LogP contribution < -0.4 is 9.47 Å². The number of amides is 1. The molecule has 0 saturated carbocycles. The van der Waals surface area contributed by atoms with E-state index in [0.29, 0.717) is 38.1 Å². The van der Waals surface area contributed by atoms with Gasteiger partial charge in [0, 0.05) is 31.0 Å². The number of likely N-dealkylation sites (tertiary alicyclic amines) is 1. The van der Waals surface area contributed by atoms with Crippen molar-refractivity contribution in [2.24, 2.45) is 5.92 Å². The molecule has 1 fully saturated rings. The molecule has 154 valence electrons. The van der Waals surface area contributed by atoms with E-state index in [9.17, 15) is 9.59 Å². The summed E-state index contributed by atoms with van der Waals surface area (Å²) in [7, 11) is 1.61. The van der Waals surface area contributed by atoms with Crippen molar-refractivity contribution in [2.45, 2.75) is 32.6 Å². The van der Waals surface area contributed by atoms with E-state index in [1.165, 1.54) is 0 Å². The minimum Gasteiger partial charge on any atom is -0.497 e. The van der Waals surface area contributed by atoms with Crippen molar-refractivity contribution < 1.29 is 19.1 Å². The second-order valence-corrected chi connectivity index (χ2v) is 7.47. The van der Waals surface area contributed by atoms with Crippen LogP contribution in [0, 0.1) is 12.8 Å². The van der Waals surface area contributed by atoms with Crippen molar-refractivity contribution >= 4 is 11.7 Å². The third-order valence-electron chi connectivity index (χ3n) is 5.48. The van der Waals surface area contributed by atoms with E-state index in [1.807, 2.05) is 60.4 Å². The van der Waals surface area contributed by atoms with Crippen LogP contribution in [0.4, 0.5) is 0 Å². The number of hydrogen-bond donors (Lipinski definition) is 0. The van der Waals surface area contributed by atoms with E-state index in [1.54, 1.807) is 7.11 Å². The Bertz CT molecular complexity index is 823. The minimum absolute atomic E-state index is 0.0168. The van der Waals surface area contributed by atoms with E-state index < -0.39 is 0 Å². The molecule has 5 heteroatoms. The molecule has 0 spiro atoms. The van der Waals surface area contributed by atoms with Gasteiger partial charge in [0.2, 0.25) is 5.91 Å². The van der Waals surface area contributed by atoms with Crippen molar-refractivity contribution in [1.29, 1.82) is 0 Å². The first-order valence-corrected chi connectivity index (χ1v) is 10.2. The van der Waals surface area contributed by atoms with Gasteiger partial charge in [-0.3, -0.25) is 9.59 Å². The van der Waals surface area contributed by atoms with Gasteiger partial charge < -0.3 is 14.4 Å². The minimum atomic E-state index is -0.0168. The molecule has 1 heterocycles. The van der Waals surface area contributed by atoms with Gasteiger partial charge in [-0.25, -0.2) is 0 Å². The van der Waals surface area contributed by atoms with Gasteiger partial charge in [0.25, 0.3) is 0 Å². The maximum absolute atomic E-state index is 12.7. The van der Waals surface area contributed by atoms with E-state index in [2.05, 4.69) is 0 Å². The summed E-state index contributed by atoms with van der Waals surface area (Å²) in [6.45, 7) is 3.83. The van der Waals surface area contributed by atoms with Crippen LogP contribution in [0.15, 0.2) is 48.5 Å². The molecule has 0 radical (unpaired) electrons. The number of benzene rings is 2. The van der Waals surface area contributed by atoms with Crippen molar-refractivity contribution in [3.63, 3.8) is 0 Å². The third-order valence-corrected chi connectivity index (χ3v) is 5.48. The molecule has 1 saturated heterocycles. The molecule has 3 rings (SSSR count). The molecule has 0 N–H and O–H groups in total. The van der Waals surface area contributed by atoms with Gasteiger partial charge in [-0.15, -0.1) is 0 Å². The molecule has 0 aromatic heterocycles. The molecule has 1 aliphatic heterocycles. The Morgan fingerprint density at radius 2 is 1.72 bits per heavy atom. The Morgan fingerprint density at radius 3 is 2.38 bits per heavy atom. The number of carbonyl (C=O) groups is 2. The fraction of sp³-hybridized carbons (Fsp3) is 0.417. The van der Waals surface area contributed by atoms with Crippen LogP contribution in [0.2, 0.25) is 0 Å². The number of Topliss-reactive ketones (excluding diaryl/α,β-unsaturated/α-hetero) is 1. The van der Waals surface area contributed by atoms with Crippen LogP contribution in [-0.2, 0) is 4.79 Å². The molecule has 0 atom stereocenters. The molecule has 0 unspecified atom stereocenters. The zero-order valence-corrected chi connectivity index (χ0v) is 17.2. The zero-order chi connectivity index (χ0) is 20.6. The smallest absolute Gasteiger partial charge is 0.222 e. The number of aryl methyl sites for hydroxylation is 1. The average molecular weight is 395 g/mol. The van der Waals surface area contributed by atoms with Crippen LogP contribution in [-0.4, -0.2) is 43.4 Å². The Kier molecular flexibility index (Phi) is 7.28. The first kappa shape index (κ1) is 20.9. The van der Waals surface area contributed by atoms with E-state index >= 15 is 0 Å². The summed E-state index contributed by atoms with van der Waals surface area (Å²) in [4.78, 5) is 27.0. The first-order chi connectivity index (χ1) is 14.1. The number of rotatable bonds is 8. The second-order valence-electron chi connectivity index (χ2n) is 7.47. The first-order valence-electron chi connectivity index (χ1n) is 10.2. The van der Waals surface area contributed by atoms with Gasteiger partial charge in [0.1, 0.15) is 11.5 Å². The van der Waals surface area contributed by atoms with Crippen LogP contribution in [0.3, 0.4) is 0 Å². The molecule has 29 heavy (non-hydrogen) atoms. The molecule has 1 amide bonds. The number of para-hydroxylation sites is 1. The maximum Gasteiger partial charge on any atom is 0.222 e. The van der Waals surface area contributed by atoms with Crippen LogP contribution in [0.1, 0.15) is 41.6 Å². The number of ketones is 1. The highest BCUT2D eigenvalue weighted by atomic mass is 16.5. The summed E-state index contributed by atoms with van der Waals surface area (Å²) in [5, 5.41) is 0. The standard InChI is InChI=1S/C24H29NO4/c1-18-6-3-4-7-22(18)29-17-5-8-23(26)25-15-13-20(14-16-25)24(27)19-9-11-21(28-2)12-10-19/h3-4,6-7,9-12,20H,5,8,13-17H2,1-2H3. The van der Waals surface area contributed by atoms with Gasteiger partial charge in [-0.2, -0.15) is 0 Å². The molecule has 2 aromatic carbocycles.